The van der Waals surface area contributed by atoms with Crippen molar-refractivity contribution in [2.45, 2.75) is 402 Å². The van der Waals surface area contributed by atoms with Crippen LogP contribution in [0.25, 0.3) is 0 Å². The fourth-order valence-electron chi connectivity index (χ4n) is 12.9. The van der Waals surface area contributed by atoms with Gasteiger partial charge in [0.1, 0.15) is 48.8 Å². The third-order valence-electron chi connectivity index (χ3n) is 19.4. The van der Waals surface area contributed by atoms with E-state index >= 15 is 0 Å². The van der Waals surface area contributed by atoms with Gasteiger partial charge < -0.3 is 65.1 Å². The van der Waals surface area contributed by atoms with Gasteiger partial charge in [-0.2, -0.15) is 0 Å². The minimum Gasteiger partial charge on any atom is -0.394 e. The zero-order chi connectivity index (χ0) is 73.0. The number of nitrogens with one attached hydrogen (secondary N) is 1. The number of hydrogen-bond acceptors (Lipinski definition) is 13. The van der Waals surface area contributed by atoms with Gasteiger partial charge in [0.05, 0.1) is 32.0 Å². The summed E-state index contributed by atoms with van der Waals surface area (Å²) in [5.41, 5.74) is 0. The molecule has 2 aliphatic rings. The van der Waals surface area contributed by atoms with E-state index in [4.69, 9.17) is 18.9 Å². The molecule has 1 amide bonds. The van der Waals surface area contributed by atoms with Gasteiger partial charge in [0, 0.05) is 6.42 Å². The molecule has 0 saturated carbocycles. The molecule has 101 heavy (non-hydrogen) atoms. The normalized spacial score (nSPS) is 22.4. The van der Waals surface area contributed by atoms with Crippen LogP contribution in [0.2, 0.25) is 0 Å². The molecule has 0 bridgehead atoms. The zero-order valence-corrected chi connectivity index (χ0v) is 63.9. The van der Waals surface area contributed by atoms with Crippen LogP contribution < -0.4 is 5.32 Å². The van der Waals surface area contributed by atoms with Gasteiger partial charge in [-0.3, -0.25) is 4.79 Å². The van der Waals surface area contributed by atoms with Crippen LogP contribution in [-0.4, -0.2) is 140 Å². The molecule has 2 saturated heterocycles. The summed E-state index contributed by atoms with van der Waals surface area (Å²) in [5, 5.41) is 87.7. The van der Waals surface area contributed by atoms with E-state index in [2.05, 4.69) is 129 Å². The van der Waals surface area contributed by atoms with E-state index < -0.39 is 86.8 Å². The lowest BCUT2D eigenvalue weighted by Gasteiger charge is -2.46. The monoisotopic (exact) mass is 1420 g/mol. The summed E-state index contributed by atoms with van der Waals surface area (Å²) < 4.78 is 22.9. The second-order valence-electron chi connectivity index (χ2n) is 28.5. The first kappa shape index (κ1) is 93.5. The summed E-state index contributed by atoms with van der Waals surface area (Å²) in [6, 6.07) is -0.949. The predicted octanol–water partition coefficient (Wildman–Crippen LogP) is 19.2. The number of carbonyl (C=O) groups is 1. The summed E-state index contributed by atoms with van der Waals surface area (Å²) in [6.45, 7) is 2.69. The van der Waals surface area contributed by atoms with Gasteiger partial charge in [0.25, 0.3) is 0 Å². The summed E-state index contributed by atoms with van der Waals surface area (Å²) in [6.07, 6.45) is 85.7. The number of carbonyl (C=O) groups excluding carboxylic acids is 1. The van der Waals surface area contributed by atoms with Gasteiger partial charge in [0.15, 0.2) is 12.6 Å². The fourth-order valence-corrected chi connectivity index (χ4v) is 12.9. The molecule has 12 atom stereocenters. The minimum atomic E-state index is -1.80. The molecular formula is C87H151NO13. The maximum Gasteiger partial charge on any atom is 0.220 e. The number of aliphatic hydroxyl groups is 8. The van der Waals surface area contributed by atoms with E-state index in [1.807, 2.05) is 6.08 Å². The Morgan fingerprint density at radius 2 is 0.693 bits per heavy atom. The number of rotatable bonds is 68. The molecule has 0 radical (unpaired) electrons. The maximum absolute atomic E-state index is 13.4. The lowest BCUT2D eigenvalue weighted by molar-refractivity contribution is -0.359. The van der Waals surface area contributed by atoms with Crippen molar-refractivity contribution >= 4 is 5.91 Å². The lowest BCUT2D eigenvalue weighted by Crippen LogP contribution is -2.65. The second kappa shape index (κ2) is 69.4. The molecule has 0 aromatic rings. The predicted molar refractivity (Wildman–Crippen MR) is 419 cm³/mol. The van der Waals surface area contributed by atoms with Crippen LogP contribution in [0.4, 0.5) is 0 Å². The Morgan fingerprint density at radius 3 is 1.09 bits per heavy atom. The lowest BCUT2D eigenvalue weighted by atomic mass is 9.97. The molecule has 0 aromatic carbocycles. The first-order valence-corrected chi connectivity index (χ1v) is 41.3. The number of ether oxygens (including phenoxy) is 4. The van der Waals surface area contributed by atoms with E-state index in [0.717, 1.165) is 96.3 Å². The Balaban J connectivity index is 1.64. The highest BCUT2D eigenvalue weighted by Gasteiger charge is 2.51. The van der Waals surface area contributed by atoms with Crippen molar-refractivity contribution in [2.75, 3.05) is 19.8 Å². The number of amides is 1. The Bertz CT molecular complexity index is 2170. The second-order valence-corrected chi connectivity index (χ2v) is 28.5. The highest BCUT2D eigenvalue weighted by Crippen LogP contribution is 2.30. The Morgan fingerprint density at radius 1 is 0.366 bits per heavy atom. The SMILES string of the molecule is CC/C=C\C/C=C\C/C=C\C/C=C\C/C=C\C/C=C\C/C=C\CCCCCCCCCCCCCCCC(=O)NC(COC1OC(CO)C(OC2OC(CO)C(O)C(O)C2O)C(O)C1O)C(O)/C=C/CC/C=C/CC/C=C/CCCCCCCCCCCCCCCCCCCCCCCC. The van der Waals surface area contributed by atoms with E-state index in [9.17, 15) is 45.6 Å². The minimum absolute atomic E-state index is 0.256. The summed E-state index contributed by atoms with van der Waals surface area (Å²) >= 11 is 0. The molecule has 12 unspecified atom stereocenters. The molecule has 9 N–H and O–H groups in total. The van der Waals surface area contributed by atoms with Crippen molar-refractivity contribution in [3.05, 3.63) is 122 Å². The van der Waals surface area contributed by atoms with Crippen LogP contribution in [0.5, 0.6) is 0 Å². The largest absolute Gasteiger partial charge is 0.394 e. The molecule has 2 heterocycles. The third kappa shape index (κ3) is 52.1. The number of unbranched alkanes of at least 4 members (excludes halogenated alkanes) is 37. The molecular weight excluding hydrogens is 1270 g/mol. The highest BCUT2D eigenvalue weighted by molar-refractivity contribution is 5.76. The molecule has 2 aliphatic heterocycles. The number of hydrogen-bond donors (Lipinski definition) is 9. The van der Waals surface area contributed by atoms with E-state index in [1.54, 1.807) is 6.08 Å². The van der Waals surface area contributed by atoms with E-state index in [1.165, 1.54) is 199 Å². The van der Waals surface area contributed by atoms with Crippen molar-refractivity contribution < 1.29 is 64.6 Å². The summed E-state index contributed by atoms with van der Waals surface area (Å²) in [5.74, 6) is -0.256. The molecule has 14 heteroatoms. The van der Waals surface area contributed by atoms with Crippen LogP contribution in [0, 0.1) is 0 Å². The molecule has 0 spiro atoms. The van der Waals surface area contributed by atoms with Crippen LogP contribution in [-0.2, 0) is 23.7 Å². The number of aliphatic hydroxyl groups excluding tert-OH is 8. The maximum atomic E-state index is 13.4. The van der Waals surface area contributed by atoms with Crippen molar-refractivity contribution in [2.24, 2.45) is 0 Å². The average Bonchev–Trinajstić information content (AvgIpc) is 0.791. The summed E-state index contributed by atoms with van der Waals surface area (Å²) in [7, 11) is 0. The standard InChI is InChI=1S/C87H151NO13/c1-3-5-7-9-11-13-15-17-19-21-23-25-27-29-31-33-35-37-38-39-41-43-45-47-49-51-53-55-57-59-61-63-65-67-69-71-79(92)88-75(74-98-86-84(97)82(95)85(78(73-90)100-86)101-87-83(96)81(94)80(93)77(72-89)99-87)76(91)70-68-66-64-62-60-58-56-54-52-50-48-46-44-42-40-36-34-32-30-28-26-24-22-20-18-16-14-12-10-8-6-4-2/h5,7,11,13,17,19,23,25,29,31,35,37,39,41,52,54,60,62,68,70,75-78,80-87,89-91,93-97H,3-4,6,8-10,12,14-16,18,20-22,24,26-28,30,32-34,36,38,40,42-51,53,55-59,61,63-67,69,71-74H2,1-2H3,(H,88,92)/b7-5-,13-11-,19-17-,25-23-,31-29-,37-35-,41-39-,54-52+,62-60+,70-68+. The van der Waals surface area contributed by atoms with Crippen molar-refractivity contribution in [1.29, 1.82) is 0 Å². The van der Waals surface area contributed by atoms with Crippen molar-refractivity contribution in [3.8, 4) is 0 Å². The molecule has 14 nitrogen and oxygen atoms in total. The fraction of sp³-hybridized carbons (Fsp3) is 0.759. The van der Waals surface area contributed by atoms with Gasteiger partial charge in [0.2, 0.25) is 5.91 Å². The Kier molecular flexibility index (Phi) is 64.3. The van der Waals surface area contributed by atoms with Gasteiger partial charge in [-0.05, 0) is 103 Å². The Labute approximate surface area is 616 Å². The van der Waals surface area contributed by atoms with E-state index in [-0.39, 0.29) is 18.9 Å². The van der Waals surface area contributed by atoms with Crippen LogP contribution in [0.3, 0.4) is 0 Å². The topological polar surface area (TPSA) is 228 Å². The van der Waals surface area contributed by atoms with Crippen LogP contribution in [0.1, 0.15) is 328 Å². The summed E-state index contributed by atoms with van der Waals surface area (Å²) in [4.78, 5) is 13.4. The van der Waals surface area contributed by atoms with Gasteiger partial charge >= 0.3 is 0 Å². The van der Waals surface area contributed by atoms with Gasteiger partial charge in [-0.1, -0.05) is 341 Å². The molecule has 2 rings (SSSR count). The first-order valence-electron chi connectivity index (χ1n) is 41.3. The quantitative estimate of drug-likeness (QED) is 0.0204. The van der Waals surface area contributed by atoms with Crippen molar-refractivity contribution in [1.82, 2.24) is 5.32 Å². The highest BCUT2D eigenvalue weighted by atomic mass is 16.7. The zero-order valence-electron chi connectivity index (χ0n) is 63.9. The van der Waals surface area contributed by atoms with Crippen molar-refractivity contribution in [3.63, 3.8) is 0 Å². The molecule has 0 aromatic heterocycles. The van der Waals surface area contributed by atoms with E-state index in [0.29, 0.717) is 12.8 Å². The number of allylic oxidation sites excluding steroid dienone is 19. The van der Waals surface area contributed by atoms with Crippen LogP contribution >= 0.6 is 0 Å². The third-order valence-corrected chi connectivity index (χ3v) is 19.4. The average molecular weight is 1420 g/mol. The van der Waals surface area contributed by atoms with Crippen LogP contribution in [0.15, 0.2) is 122 Å². The smallest absolute Gasteiger partial charge is 0.220 e. The van der Waals surface area contributed by atoms with Gasteiger partial charge in [-0.15, -0.1) is 0 Å². The molecule has 582 valence electrons. The van der Waals surface area contributed by atoms with Gasteiger partial charge in [-0.25, -0.2) is 0 Å². The molecule has 0 aliphatic carbocycles. The Hall–Kier alpha value is -3.61. The first-order chi connectivity index (χ1) is 49.6. The molecule has 2 fully saturated rings.